The molecule has 12 heavy (non-hydrogen) atoms. The summed E-state index contributed by atoms with van der Waals surface area (Å²) in [7, 11) is 0. The maximum atomic E-state index is 12.7. The predicted molar refractivity (Wildman–Crippen MR) is 48.1 cm³/mol. The van der Waals surface area contributed by atoms with E-state index >= 15 is 0 Å². The van der Waals surface area contributed by atoms with Crippen LogP contribution in [0.15, 0.2) is 22.7 Å². The van der Waals surface area contributed by atoms with Gasteiger partial charge in [-0.1, -0.05) is 11.8 Å². The van der Waals surface area contributed by atoms with Gasteiger partial charge in [0.1, 0.15) is 12.4 Å². The van der Waals surface area contributed by atoms with Gasteiger partial charge in [0, 0.05) is 5.56 Å². The van der Waals surface area contributed by atoms with Gasteiger partial charge in [-0.3, -0.25) is 0 Å². The molecule has 0 fully saturated rings. The smallest absolute Gasteiger partial charge is 0.137 e. The van der Waals surface area contributed by atoms with Crippen LogP contribution >= 0.6 is 15.9 Å². The van der Waals surface area contributed by atoms with Gasteiger partial charge >= 0.3 is 0 Å². The van der Waals surface area contributed by atoms with E-state index in [0.717, 1.165) is 0 Å². The molecule has 0 aliphatic rings. The molecule has 1 nitrogen and oxygen atoms in total. The number of benzene rings is 1. The largest absolute Gasteiger partial charge is 0.384 e. The highest BCUT2D eigenvalue weighted by molar-refractivity contribution is 9.10. The highest BCUT2D eigenvalue weighted by Crippen LogP contribution is 2.15. The van der Waals surface area contributed by atoms with E-state index in [1.54, 1.807) is 12.1 Å². The van der Waals surface area contributed by atoms with Crippen LogP contribution in [0.25, 0.3) is 0 Å². The number of aliphatic hydroxyl groups excluding tert-OH is 1. The van der Waals surface area contributed by atoms with Gasteiger partial charge in [0.25, 0.3) is 0 Å². The molecule has 1 aromatic carbocycles. The Balaban J connectivity index is 2.97. The zero-order valence-electron chi connectivity index (χ0n) is 6.14. The normalized spacial score (nSPS) is 8.92. The average molecular weight is 229 g/mol. The van der Waals surface area contributed by atoms with E-state index in [4.69, 9.17) is 5.11 Å². The number of rotatable bonds is 0. The molecule has 0 unspecified atom stereocenters. The van der Waals surface area contributed by atoms with Gasteiger partial charge in [0.15, 0.2) is 0 Å². The Hall–Kier alpha value is -0.850. The maximum Gasteiger partial charge on any atom is 0.137 e. The molecule has 0 aliphatic heterocycles. The quantitative estimate of drug-likeness (QED) is 0.674. The molecule has 0 bridgehead atoms. The van der Waals surface area contributed by atoms with Crippen LogP contribution in [0.2, 0.25) is 0 Å². The molecule has 0 heterocycles. The Morgan fingerprint density at radius 1 is 1.50 bits per heavy atom. The van der Waals surface area contributed by atoms with Crippen molar-refractivity contribution in [2.45, 2.75) is 0 Å². The lowest BCUT2D eigenvalue weighted by molar-refractivity contribution is 0.350. The minimum absolute atomic E-state index is 0.186. The summed E-state index contributed by atoms with van der Waals surface area (Å²) in [4.78, 5) is 0. The van der Waals surface area contributed by atoms with Crippen LogP contribution in [0.3, 0.4) is 0 Å². The molecule has 0 radical (unpaired) electrons. The minimum Gasteiger partial charge on any atom is -0.384 e. The van der Waals surface area contributed by atoms with Gasteiger partial charge in [-0.15, -0.1) is 0 Å². The fourth-order valence-corrected chi connectivity index (χ4v) is 1.09. The van der Waals surface area contributed by atoms with Crippen LogP contribution in [0.4, 0.5) is 4.39 Å². The van der Waals surface area contributed by atoms with Gasteiger partial charge in [0.2, 0.25) is 0 Å². The first-order valence-corrected chi connectivity index (χ1v) is 4.08. The number of hydrogen-bond acceptors (Lipinski definition) is 1. The van der Waals surface area contributed by atoms with Crippen LogP contribution in [-0.4, -0.2) is 11.7 Å². The van der Waals surface area contributed by atoms with Crippen molar-refractivity contribution in [1.29, 1.82) is 0 Å². The zero-order valence-corrected chi connectivity index (χ0v) is 7.73. The monoisotopic (exact) mass is 228 g/mol. The lowest BCUT2D eigenvalue weighted by atomic mass is 10.2. The third kappa shape index (κ3) is 2.33. The summed E-state index contributed by atoms with van der Waals surface area (Å²) >= 11 is 3.03. The first kappa shape index (κ1) is 9.24. The SMILES string of the molecule is OCC#Cc1ccc(F)c(Br)c1. The first-order chi connectivity index (χ1) is 5.74. The molecular formula is C9H6BrFO. The third-order valence-corrected chi connectivity index (χ3v) is 1.84. The first-order valence-electron chi connectivity index (χ1n) is 3.29. The molecular weight excluding hydrogens is 223 g/mol. The summed E-state index contributed by atoms with van der Waals surface area (Å²) in [6.07, 6.45) is 0. The lowest BCUT2D eigenvalue weighted by Crippen LogP contribution is -1.80. The highest BCUT2D eigenvalue weighted by atomic mass is 79.9. The average Bonchev–Trinajstić information content (AvgIpc) is 2.07. The lowest BCUT2D eigenvalue weighted by Gasteiger charge is -1.93. The molecule has 62 valence electrons. The summed E-state index contributed by atoms with van der Waals surface area (Å²) in [6, 6.07) is 4.45. The summed E-state index contributed by atoms with van der Waals surface area (Å²) in [6.45, 7) is -0.186. The van der Waals surface area contributed by atoms with E-state index < -0.39 is 0 Å². The topological polar surface area (TPSA) is 20.2 Å². The van der Waals surface area contributed by atoms with Crippen LogP contribution in [0.5, 0.6) is 0 Å². The van der Waals surface area contributed by atoms with Gasteiger partial charge in [-0.05, 0) is 34.1 Å². The number of hydrogen-bond donors (Lipinski definition) is 1. The van der Waals surface area contributed by atoms with Crippen molar-refractivity contribution in [3.05, 3.63) is 34.1 Å². The van der Waals surface area contributed by atoms with Crippen molar-refractivity contribution >= 4 is 15.9 Å². The van der Waals surface area contributed by atoms with Gasteiger partial charge < -0.3 is 5.11 Å². The minimum atomic E-state index is -0.315. The van der Waals surface area contributed by atoms with Gasteiger partial charge in [-0.2, -0.15) is 0 Å². The molecule has 0 atom stereocenters. The van der Waals surface area contributed by atoms with E-state index in [1.807, 2.05) is 0 Å². The van der Waals surface area contributed by atoms with Crippen molar-refractivity contribution in [3.63, 3.8) is 0 Å². The zero-order chi connectivity index (χ0) is 8.97. The van der Waals surface area contributed by atoms with E-state index in [1.165, 1.54) is 6.07 Å². The molecule has 0 saturated heterocycles. The second-order valence-corrected chi connectivity index (χ2v) is 2.94. The molecule has 1 N–H and O–H groups in total. The van der Waals surface area contributed by atoms with E-state index in [9.17, 15) is 4.39 Å². The Bertz CT molecular complexity index is 338. The molecule has 1 aromatic rings. The Morgan fingerprint density at radius 3 is 2.83 bits per heavy atom. The molecule has 1 rings (SSSR count). The second-order valence-electron chi connectivity index (χ2n) is 2.09. The van der Waals surface area contributed by atoms with Crippen molar-refractivity contribution < 1.29 is 9.50 Å². The molecule has 3 heteroatoms. The van der Waals surface area contributed by atoms with Crippen LogP contribution in [-0.2, 0) is 0 Å². The van der Waals surface area contributed by atoms with Crippen molar-refractivity contribution in [3.8, 4) is 11.8 Å². The van der Waals surface area contributed by atoms with E-state index in [0.29, 0.717) is 10.0 Å². The van der Waals surface area contributed by atoms with Crippen LogP contribution in [0.1, 0.15) is 5.56 Å². The number of aliphatic hydroxyl groups is 1. The van der Waals surface area contributed by atoms with E-state index in [-0.39, 0.29) is 12.4 Å². The van der Waals surface area contributed by atoms with Crippen LogP contribution < -0.4 is 0 Å². The molecule has 0 saturated carbocycles. The summed E-state index contributed by atoms with van der Waals surface area (Å²) in [5.41, 5.74) is 0.678. The summed E-state index contributed by atoms with van der Waals surface area (Å²) < 4.78 is 13.1. The second kappa shape index (κ2) is 4.24. The van der Waals surface area contributed by atoms with Gasteiger partial charge in [-0.25, -0.2) is 4.39 Å². The van der Waals surface area contributed by atoms with Crippen molar-refractivity contribution in [2.75, 3.05) is 6.61 Å². The fraction of sp³-hybridized carbons (Fsp3) is 0.111. The third-order valence-electron chi connectivity index (χ3n) is 1.23. The standard InChI is InChI=1S/C9H6BrFO/c10-8-6-7(2-1-5-12)3-4-9(8)11/h3-4,6,12H,5H2. The summed E-state index contributed by atoms with van der Waals surface area (Å²) in [5, 5.41) is 8.39. The Morgan fingerprint density at radius 2 is 2.25 bits per heavy atom. The van der Waals surface area contributed by atoms with Gasteiger partial charge in [0.05, 0.1) is 4.47 Å². The van der Waals surface area contributed by atoms with E-state index in [2.05, 4.69) is 27.8 Å². The number of halogens is 2. The van der Waals surface area contributed by atoms with Crippen molar-refractivity contribution in [2.24, 2.45) is 0 Å². The fourth-order valence-electron chi connectivity index (χ4n) is 0.715. The molecule has 0 aromatic heterocycles. The predicted octanol–water partition coefficient (Wildman–Crippen LogP) is 1.93. The highest BCUT2D eigenvalue weighted by Gasteiger charge is 1.97. The van der Waals surface area contributed by atoms with Crippen LogP contribution in [0, 0.1) is 17.7 Å². The molecule has 0 spiro atoms. The van der Waals surface area contributed by atoms with Crippen molar-refractivity contribution in [1.82, 2.24) is 0 Å². The Labute approximate surface area is 78.4 Å². The Kier molecular flexibility index (Phi) is 3.27. The molecule has 0 amide bonds. The summed E-state index contributed by atoms with van der Waals surface area (Å²) in [5.74, 6) is 4.82. The molecule has 0 aliphatic carbocycles. The maximum absolute atomic E-state index is 12.7.